The number of amides is 1. The molecule has 2 atom stereocenters. The van der Waals surface area contributed by atoms with Gasteiger partial charge >= 0.3 is 23.9 Å². The second kappa shape index (κ2) is 14.4. The molecule has 1 amide bonds. The Bertz CT molecular complexity index is 908. The highest BCUT2D eigenvalue weighted by molar-refractivity contribution is 7.18. The van der Waals surface area contributed by atoms with Crippen LogP contribution in [0.2, 0.25) is 0 Å². The van der Waals surface area contributed by atoms with Crippen molar-refractivity contribution in [3.63, 3.8) is 0 Å². The Hall–Kier alpha value is -3.03. The van der Waals surface area contributed by atoms with Crippen molar-refractivity contribution in [2.45, 2.75) is 53.2 Å². The molecular formula is C22H32N2O10S. The molecule has 2 heterocycles. The molecule has 1 saturated heterocycles. The van der Waals surface area contributed by atoms with Crippen LogP contribution >= 0.6 is 11.3 Å². The maximum Gasteiger partial charge on any atom is 0.414 e. The lowest BCUT2D eigenvalue weighted by Gasteiger charge is -2.35. The number of morpholine rings is 1. The third kappa shape index (κ3) is 9.62. The second-order valence-corrected chi connectivity index (χ2v) is 8.65. The van der Waals surface area contributed by atoms with Crippen molar-refractivity contribution >= 4 is 46.1 Å². The Labute approximate surface area is 207 Å². The average molecular weight is 517 g/mol. The zero-order chi connectivity index (χ0) is 26.7. The summed E-state index contributed by atoms with van der Waals surface area (Å²) in [6.45, 7) is 11.7. The summed E-state index contributed by atoms with van der Waals surface area (Å²) in [5.41, 5.74) is 0.667. The number of nitrogens with zero attached hydrogens (tertiary/aromatic N) is 1. The number of rotatable bonds is 8. The Morgan fingerprint density at radius 3 is 2.00 bits per heavy atom. The first-order valence-corrected chi connectivity index (χ1v) is 11.8. The first-order chi connectivity index (χ1) is 16.4. The third-order valence-corrected chi connectivity index (χ3v) is 5.86. The van der Waals surface area contributed by atoms with Crippen LogP contribution in [-0.2, 0) is 28.6 Å². The molecular weight excluding hydrogens is 484 g/mol. The number of carboxylic acids is 2. The van der Waals surface area contributed by atoms with Crippen molar-refractivity contribution in [2.75, 3.05) is 38.2 Å². The summed E-state index contributed by atoms with van der Waals surface area (Å²) in [5.74, 6) is -4.95. The van der Waals surface area contributed by atoms with Crippen molar-refractivity contribution in [2.24, 2.45) is 0 Å². The molecule has 0 aromatic carbocycles. The highest BCUT2D eigenvalue weighted by Gasteiger charge is 2.28. The number of hydrogen-bond donors (Lipinski definition) is 3. The molecule has 196 valence electrons. The summed E-state index contributed by atoms with van der Waals surface area (Å²) in [7, 11) is 0. The quantitative estimate of drug-likeness (QED) is 0.341. The molecule has 2 rings (SSSR count). The predicted molar refractivity (Wildman–Crippen MR) is 126 cm³/mol. The van der Waals surface area contributed by atoms with Crippen LogP contribution in [0.25, 0.3) is 0 Å². The van der Waals surface area contributed by atoms with Gasteiger partial charge in [-0.1, -0.05) is 0 Å². The maximum atomic E-state index is 12.5. The minimum absolute atomic E-state index is 0.129. The van der Waals surface area contributed by atoms with E-state index < -0.39 is 23.9 Å². The number of carboxylic acid groups (broad SMARTS) is 2. The molecule has 0 bridgehead atoms. The molecule has 0 spiro atoms. The van der Waals surface area contributed by atoms with Crippen molar-refractivity contribution in [3.8, 4) is 0 Å². The highest BCUT2D eigenvalue weighted by Crippen LogP contribution is 2.34. The molecule has 1 fully saturated rings. The average Bonchev–Trinajstić information content (AvgIpc) is 3.08. The number of aliphatic carboxylic acids is 2. The Morgan fingerprint density at radius 1 is 1.00 bits per heavy atom. The molecule has 0 aliphatic carbocycles. The van der Waals surface area contributed by atoms with Crippen LogP contribution in [-0.4, -0.2) is 90.0 Å². The molecule has 0 radical (unpaired) electrons. The van der Waals surface area contributed by atoms with Gasteiger partial charge in [-0.2, -0.15) is 0 Å². The number of ether oxygens (including phenoxy) is 3. The summed E-state index contributed by atoms with van der Waals surface area (Å²) in [6, 6.07) is 0. The van der Waals surface area contributed by atoms with Gasteiger partial charge in [0.2, 0.25) is 5.91 Å². The predicted octanol–water partition coefficient (Wildman–Crippen LogP) is 2.00. The van der Waals surface area contributed by atoms with E-state index in [-0.39, 0.29) is 43.3 Å². The number of thiophene rings is 1. The van der Waals surface area contributed by atoms with Crippen LogP contribution in [0.3, 0.4) is 0 Å². The van der Waals surface area contributed by atoms with Crippen LogP contribution < -0.4 is 5.32 Å². The topological polar surface area (TPSA) is 169 Å². The number of nitrogens with one attached hydrogen (secondary N) is 1. The molecule has 12 nitrogen and oxygen atoms in total. The minimum Gasteiger partial charge on any atom is -0.473 e. The van der Waals surface area contributed by atoms with Crippen molar-refractivity contribution in [1.29, 1.82) is 0 Å². The van der Waals surface area contributed by atoms with Gasteiger partial charge in [0.15, 0.2) is 0 Å². The number of carbonyl (C=O) groups excluding carboxylic acids is 3. The van der Waals surface area contributed by atoms with Gasteiger partial charge in [0.05, 0.1) is 31.0 Å². The Kier molecular flexibility index (Phi) is 12.3. The minimum atomic E-state index is -1.82. The number of hydrogen-bond acceptors (Lipinski definition) is 10. The van der Waals surface area contributed by atoms with Gasteiger partial charge in [0.25, 0.3) is 0 Å². The normalized spacial score (nSPS) is 17.5. The zero-order valence-electron chi connectivity index (χ0n) is 20.4. The fourth-order valence-electron chi connectivity index (χ4n) is 3.36. The molecule has 1 aliphatic heterocycles. The summed E-state index contributed by atoms with van der Waals surface area (Å²) in [5, 5.41) is 17.9. The van der Waals surface area contributed by atoms with Crippen LogP contribution in [0.5, 0.6) is 0 Å². The smallest absolute Gasteiger partial charge is 0.414 e. The zero-order valence-corrected chi connectivity index (χ0v) is 21.2. The fourth-order valence-corrected chi connectivity index (χ4v) is 4.46. The number of carbonyl (C=O) groups is 5. The van der Waals surface area contributed by atoms with E-state index in [9.17, 15) is 14.4 Å². The lowest BCUT2D eigenvalue weighted by atomic mass is 10.1. The van der Waals surface area contributed by atoms with Gasteiger partial charge in [-0.25, -0.2) is 19.2 Å². The van der Waals surface area contributed by atoms with Gasteiger partial charge in [0.1, 0.15) is 9.88 Å². The summed E-state index contributed by atoms with van der Waals surface area (Å²) in [6.07, 6.45) is 0.529. The Morgan fingerprint density at radius 2 is 1.51 bits per heavy atom. The SMILES string of the molecule is CCOC(=O)c1sc(NC(=O)CCN2CC(C)OC(C)C2)c(C(=O)OCC)c1C.O=C(O)C(=O)O. The van der Waals surface area contributed by atoms with Gasteiger partial charge in [0, 0.05) is 26.1 Å². The maximum absolute atomic E-state index is 12.5. The van der Waals surface area contributed by atoms with Crippen LogP contribution in [0.15, 0.2) is 0 Å². The first-order valence-electron chi connectivity index (χ1n) is 11.0. The van der Waals surface area contributed by atoms with E-state index in [0.717, 1.165) is 24.4 Å². The molecule has 3 N–H and O–H groups in total. The number of anilines is 1. The van der Waals surface area contributed by atoms with Crippen LogP contribution in [0, 0.1) is 6.92 Å². The second-order valence-electron chi connectivity index (χ2n) is 7.63. The van der Waals surface area contributed by atoms with Gasteiger partial charge in [-0.05, 0) is 40.2 Å². The first kappa shape index (κ1) is 30.0. The summed E-state index contributed by atoms with van der Waals surface area (Å²) >= 11 is 1.04. The van der Waals surface area contributed by atoms with E-state index in [1.165, 1.54) is 0 Å². The van der Waals surface area contributed by atoms with Gasteiger partial charge in [-0.15, -0.1) is 11.3 Å². The lowest BCUT2D eigenvalue weighted by molar-refractivity contribution is -0.159. The highest BCUT2D eigenvalue weighted by atomic mass is 32.1. The molecule has 2 unspecified atom stereocenters. The van der Waals surface area contributed by atoms with E-state index in [1.807, 2.05) is 13.8 Å². The standard InChI is InChI=1S/C20H30N2O6S.C2H2O4/c1-6-26-19(24)16-14(5)17(20(25)27-7-2)29-18(16)21-15(23)8-9-22-10-12(3)28-13(4)11-22;3-1(4)2(5)6/h12-13H,6-11H2,1-5H3,(H,21,23);(H,3,4)(H,5,6). The van der Waals surface area contributed by atoms with E-state index in [0.29, 0.717) is 22.0 Å². The summed E-state index contributed by atoms with van der Waals surface area (Å²) in [4.78, 5) is 57.8. The van der Waals surface area contributed by atoms with Crippen molar-refractivity contribution in [3.05, 3.63) is 16.0 Å². The third-order valence-electron chi connectivity index (χ3n) is 4.67. The van der Waals surface area contributed by atoms with Gasteiger partial charge < -0.3 is 29.7 Å². The van der Waals surface area contributed by atoms with E-state index in [1.54, 1.807) is 20.8 Å². The molecule has 35 heavy (non-hydrogen) atoms. The van der Waals surface area contributed by atoms with E-state index in [2.05, 4.69) is 10.2 Å². The Balaban J connectivity index is 0.000000905. The van der Waals surface area contributed by atoms with E-state index >= 15 is 0 Å². The van der Waals surface area contributed by atoms with Gasteiger partial charge in [-0.3, -0.25) is 9.69 Å². The fraction of sp³-hybridized carbons (Fsp3) is 0.591. The molecule has 13 heteroatoms. The largest absolute Gasteiger partial charge is 0.473 e. The lowest BCUT2D eigenvalue weighted by Crippen LogP contribution is -2.46. The monoisotopic (exact) mass is 516 g/mol. The van der Waals surface area contributed by atoms with Crippen molar-refractivity contribution < 1.29 is 48.4 Å². The molecule has 1 aromatic heterocycles. The van der Waals surface area contributed by atoms with Crippen molar-refractivity contribution in [1.82, 2.24) is 4.90 Å². The molecule has 1 aliphatic rings. The number of esters is 2. The summed E-state index contributed by atoms with van der Waals surface area (Å²) < 4.78 is 15.9. The molecule has 0 saturated carbocycles. The van der Waals surface area contributed by atoms with Crippen LogP contribution in [0.4, 0.5) is 5.00 Å². The van der Waals surface area contributed by atoms with Crippen LogP contribution in [0.1, 0.15) is 59.7 Å². The molecule has 1 aromatic rings. The van der Waals surface area contributed by atoms with E-state index in [4.69, 9.17) is 34.0 Å².